The summed E-state index contributed by atoms with van der Waals surface area (Å²) in [7, 11) is 1.50. The molecule has 2 aromatic rings. The van der Waals surface area contributed by atoms with Crippen molar-refractivity contribution in [2.75, 3.05) is 13.7 Å². The van der Waals surface area contributed by atoms with Gasteiger partial charge in [0.05, 0.1) is 24.2 Å². The average molecular weight is 641 g/mol. The summed E-state index contributed by atoms with van der Waals surface area (Å²) in [5.74, 6) is -2.79. The number of rotatable bonds is 8. The average Bonchev–Trinajstić information content (AvgIpc) is 3.83. The summed E-state index contributed by atoms with van der Waals surface area (Å²) in [4.78, 5) is 52.6. The van der Waals surface area contributed by atoms with Gasteiger partial charge in [0.25, 0.3) is 0 Å². The molecule has 0 radical (unpaired) electrons. The van der Waals surface area contributed by atoms with Crippen LogP contribution in [0.1, 0.15) is 57.3 Å². The molecule has 11 heteroatoms. The van der Waals surface area contributed by atoms with Crippen molar-refractivity contribution in [3.63, 3.8) is 0 Å². The van der Waals surface area contributed by atoms with E-state index in [1.54, 1.807) is 31.2 Å². The first-order valence-corrected chi connectivity index (χ1v) is 15.7. The molecule has 4 rings (SSSR count). The molecule has 242 valence electrons. The lowest BCUT2D eigenvalue weighted by Crippen LogP contribution is -2.49. The summed E-state index contributed by atoms with van der Waals surface area (Å²) in [6.45, 7) is 5.35. The number of ether oxygens (including phenoxy) is 4. The number of carbonyl (C=O) groups excluding carboxylic acids is 4. The van der Waals surface area contributed by atoms with Gasteiger partial charge in [-0.2, -0.15) is 0 Å². The van der Waals surface area contributed by atoms with Crippen molar-refractivity contribution in [1.82, 2.24) is 10.6 Å². The number of amides is 2. The SMILES string of the molecule is CCC[C@@H]1OC(=O)[C@H](C)CNC(=O)[C@@H](Cc2ccc(OC)c(Cl)c2)NC(=O)C=CC[C@@H]([C@H](C)[C@H]2O[C@@H]2c2ccccc2)OC1=O. The lowest BCUT2D eigenvalue weighted by molar-refractivity contribution is -0.175. The summed E-state index contributed by atoms with van der Waals surface area (Å²) in [6.07, 6.45) is 2.04. The van der Waals surface area contributed by atoms with Crippen molar-refractivity contribution in [2.24, 2.45) is 11.8 Å². The van der Waals surface area contributed by atoms with Gasteiger partial charge in [-0.1, -0.05) is 81.3 Å². The Morgan fingerprint density at radius 3 is 2.49 bits per heavy atom. The zero-order valence-corrected chi connectivity index (χ0v) is 26.8. The van der Waals surface area contributed by atoms with Crippen LogP contribution >= 0.6 is 11.6 Å². The van der Waals surface area contributed by atoms with Crippen LogP contribution in [0.25, 0.3) is 0 Å². The van der Waals surface area contributed by atoms with Crippen LogP contribution in [-0.2, 0) is 39.8 Å². The minimum atomic E-state index is -1.10. The minimum Gasteiger partial charge on any atom is -0.495 e. The molecule has 45 heavy (non-hydrogen) atoms. The second kappa shape index (κ2) is 15.9. The summed E-state index contributed by atoms with van der Waals surface area (Å²) in [5.41, 5.74) is 1.73. The lowest BCUT2D eigenvalue weighted by atomic mass is 9.93. The Balaban J connectivity index is 1.56. The van der Waals surface area contributed by atoms with E-state index < -0.39 is 47.9 Å². The van der Waals surface area contributed by atoms with Crippen LogP contribution in [-0.4, -0.2) is 61.8 Å². The second-order valence-electron chi connectivity index (χ2n) is 11.5. The van der Waals surface area contributed by atoms with Crippen molar-refractivity contribution < 1.29 is 38.1 Å². The fraction of sp³-hybridized carbons (Fsp3) is 0.471. The number of carbonyl (C=O) groups is 4. The molecule has 2 aliphatic heterocycles. The number of cyclic esters (lactones) is 2. The predicted molar refractivity (Wildman–Crippen MR) is 167 cm³/mol. The van der Waals surface area contributed by atoms with E-state index in [9.17, 15) is 19.2 Å². The lowest BCUT2D eigenvalue weighted by Gasteiger charge is -2.26. The Kier molecular flexibility index (Phi) is 12.0. The fourth-order valence-corrected chi connectivity index (χ4v) is 5.54. The van der Waals surface area contributed by atoms with Gasteiger partial charge < -0.3 is 29.6 Å². The van der Waals surface area contributed by atoms with E-state index in [-0.39, 0.29) is 43.9 Å². The minimum absolute atomic E-state index is 0.0588. The zero-order chi connectivity index (χ0) is 32.5. The Bertz CT molecular complexity index is 1380. The Labute approximate surface area is 268 Å². The highest BCUT2D eigenvalue weighted by Crippen LogP contribution is 2.45. The Morgan fingerprint density at radius 2 is 1.80 bits per heavy atom. The van der Waals surface area contributed by atoms with Crippen LogP contribution in [0.4, 0.5) is 0 Å². The Morgan fingerprint density at radius 1 is 1.04 bits per heavy atom. The smallest absolute Gasteiger partial charge is 0.347 e. The number of esters is 2. The first kappa shape index (κ1) is 34.0. The van der Waals surface area contributed by atoms with Crippen LogP contribution in [0.15, 0.2) is 60.7 Å². The predicted octanol–water partition coefficient (Wildman–Crippen LogP) is 4.49. The van der Waals surface area contributed by atoms with Gasteiger partial charge in [0.15, 0.2) is 6.10 Å². The maximum atomic E-state index is 13.3. The molecule has 2 aliphatic rings. The number of hydrogen-bond donors (Lipinski definition) is 2. The van der Waals surface area contributed by atoms with E-state index in [1.807, 2.05) is 44.2 Å². The van der Waals surface area contributed by atoms with Gasteiger partial charge in [-0.3, -0.25) is 14.4 Å². The quantitative estimate of drug-likeness (QED) is 0.319. The first-order chi connectivity index (χ1) is 21.6. The number of halogens is 1. The normalized spacial score (nSPS) is 27.0. The monoisotopic (exact) mass is 640 g/mol. The maximum absolute atomic E-state index is 13.3. The molecule has 10 nitrogen and oxygen atoms in total. The van der Waals surface area contributed by atoms with E-state index in [1.165, 1.54) is 13.2 Å². The molecule has 0 aliphatic carbocycles. The molecule has 2 aromatic carbocycles. The summed E-state index contributed by atoms with van der Waals surface area (Å²) < 4.78 is 22.8. The molecular formula is C34H41ClN2O8. The third-order valence-corrected chi connectivity index (χ3v) is 8.30. The molecule has 0 spiro atoms. The largest absolute Gasteiger partial charge is 0.495 e. The van der Waals surface area contributed by atoms with Crippen LogP contribution in [0.2, 0.25) is 5.02 Å². The molecule has 0 aromatic heterocycles. The van der Waals surface area contributed by atoms with Crippen molar-refractivity contribution in [3.05, 3.63) is 76.8 Å². The molecular weight excluding hydrogens is 600 g/mol. The third kappa shape index (κ3) is 9.31. The first-order valence-electron chi connectivity index (χ1n) is 15.3. The molecule has 1 fully saturated rings. The highest BCUT2D eigenvalue weighted by Gasteiger charge is 2.47. The van der Waals surface area contributed by atoms with E-state index in [0.29, 0.717) is 22.8 Å². The number of hydrogen-bond acceptors (Lipinski definition) is 8. The number of nitrogens with one attached hydrogen (secondary N) is 2. The van der Waals surface area contributed by atoms with Crippen molar-refractivity contribution in [3.8, 4) is 5.75 Å². The van der Waals surface area contributed by atoms with Crippen LogP contribution in [0.3, 0.4) is 0 Å². The Hall–Kier alpha value is -3.89. The van der Waals surface area contributed by atoms with Crippen LogP contribution < -0.4 is 15.4 Å². The molecule has 2 N–H and O–H groups in total. The molecule has 2 amide bonds. The van der Waals surface area contributed by atoms with Crippen molar-refractivity contribution in [2.45, 2.75) is 76.9 Å². The standard InChI is InChI=1S/C34H41ClN2O8/c1-5-10-28-34(41)43-26(21(3)30-31(45-30)23-11-7-6-8-12-23)13-9-14-29(38)37-25(32(39)36-19-20(2)33(40)44-28)18-22-15-16-27(42-4)24(35)17-22/h6-9,11-12,14-17,20-21,25-26,28,30-31H,5,10,13,18-19H2,1-4H3,(H,36,39)(H,37,38)/t20-,21+,25-,26+,28+,30-,31-/m1/s1. The van der Waals surface area contributed by atoms with Gasteiger partial charge in [0.2, 0.25) is 11.8 Å². The molecule has 7 atom stereocenters. The van der Waals surface area contributed by atoms with Gasteiger partial charge in [-0.15, -0.1) is 0 Å². The van der Waals surface area contributed by atoms with Crippen molar-refractivity contribution in [1.29, 1.82) is 0 Å². The molecule has 0 bridgehead atoms. The van der Waals surface area contributed by atoms with E-state index >= 15 is 0 Å². The fourth-order valence-electron chi connectivity index (χ4n) is 5.26. The van der Waals surface area contributed by atoms with Gasteiger partial charge in [-0.25, -0.2) is 4.79 Å². The molecule has 1 saturated heterocycles. The van der Waals surface area contributed by atoms with Gasteiger partial charge in [-0.05, 0) is 35.8 Å². The topological polar surface area (TPSA) is 133 Å². The summed E-state index contributed by atoms with van der Waals surface area (Å²) >= 11 is 6.29. The molecule has 0 unspecified atom stereocenters. The number of benzene rings is 2. The van der Waals surface area contributed by atoms with E-state index in [0.717, 1.165) is 5.56 Å². The highest BCUT2D eigenvalue weighted by molar-refractivity contribution is 6.32. The van der Waals surface area contributed by atoms with Crippen LogP contribution in [0.5, 0.6) is 5.75 Å². The summed E-state index contributed by atoms with van der Waals surface area (Å²) in [6, 6.07) is 13.9. The van der Waals surface area contributed by atoms with Gasteiger partial charge in [0, 0.05) is 25.3 Å². The van der Waals surface area contributed by atoms with Crippen molar-refractivity contribution >= 4 is 35.4 Å². The summed E-state index contributed by atoms with van der Waals surface area (Å²) in [5, 5.41) is 5.85. The molecule has 0 saturated carbocycles. The maximum Gasteiger partial charge on any atom is 0.347 e. The highest BCUT2D eigenvalue weighted by atomic mass is 35.5. The number of methoxy groups -OCH3 is 1. The van der Waals surface area contributed by atoms with Gasteiger partial charge in [0.1, 0.15) is 24.0 Å². The second-order valence-corrected chi connectivity index (χ2v) is 11.9. The zero-order valence-electron chi connectivity index (χ0n) is 26.0. The molecule has 2 heterocycles. The number of epoxide rings is 1. The van der Waals surface area contributed by atoms with Crippen LogP contribution in [0, 0.1) is 11.8 Å². The van der Waals surface area contributed by atoms with Gasteiger partial charge >= 0.3 is 11.9 Å². The third-order valence-electron chi connectivity index (χ3n) is 8.01. The van der Waals surface area contributed by atoms with E-state index in [2.05, 4.69) is 10.6 Å². The van der Waals surface area contributed by atoms with E-state index in [4.69, 9.17) is 30.5 Å².